The van der Waals surface area contributed by atoms with Gasteiger partial charge in [-0.15, -0.1) is 13.2 Å². The average Bonchev–Trinajstić information content (AvgIpc) is 2.98. The molecule has 0 bridgehead atoms. The van der Waals surface area contributed by atoms with Crippen LogP contribution in [0.2, 0.25) is 0 Å². The van der Waals surface area contributed by atoms with Crippen molar-refractivity contribution in [2.24, 2.45) is 0 Å². The summed E-state index contributed by atoms with van der Waals surface area (Å²) in [7, 11) is 0. The SMILES string of the molecule is Cc1cccc(N2C(=O)C(Nc3ccc(OC(F)(F)F)cc3)=C(c3ccccc3)C2=O)c1. The van der Waals surface area contributed by atoms with Gasteiger partial charge in [0, 0.05) is 5.69 Å². The lowest BCUT2D eigenvalue weighted by Gasteiger charge is -2.16. The van der Waals surface area contributed by atoms with Crippen LogP contribution in [0.4, 0.5) is 24.5 Å². The summed E-state index contributed by atoms with van der Waals surface area (Å²) in [5, 5.41) is 2.90. The summed E-state index contributed by atoms with van der Waals surface area (Å²) < 4.78 is 41.1. The number of hydrogen-bond acceptors (Lipinski definition) is 4. The Morgan fingerprint density at radius 2 is 1.53 bits per heavy atom. The molecule has 8 heteroatoms. The molecule has 1 aliphatic heterocycles. The fraction of sp³-hybridized carbons (Fsp3) is 0.0833. The molecule has 0 saturated heterocycles. The smallest absolute Gasteiger partial charge is 0.406 e. The highest BCUT2D eigenvalue weighted by molar-refractivity contribution is 6.46. The number of nitrogens with zero attached hydrogens (tertiary/aromatic N) is 1. The van der Waals surface area contributed by atoms with E-state index in [0.717, 1.165) is 22.6 Å². The first-order valence-electron chi connectivity index (χ1n) is 9.61. The number of benzene rings is 3. The van der Waals surface area contributed by atoms with Crippen LogP contribution in [-0.4, -0.2) is 18.2 Å². The highest BCUT2D eigenvalue weighted by atomic mass is 19.4. The van der Waals surface area contributed by atoms with Crippen LogP contribution in [0.25, 0.3) is 5.57 Å². The zero-order valence-corrected chi connectivity index (χ0v) is 16.8. The second-order valence-electron chi connectivity index (χ2n) is 7.10. The van der Waals surface area contributed by atoms with Crippen molar-refractivity contribution in [1.82, 2.24) is 0 Å². The number of hydrogen-bond donors (Lipinski definition) is 1. The third kappa shape index (κ3) is 4.34. The predicted octanol–water partition coefficient (Wildman–Crippen LogP) is 5.29. The molecule has 2 amide bonds. The van der Waals surface area contributed by atoms with E-state index in [0.29, 0.717) is 16.9 Å². The van der Waals surface area contributed by atoms with Crippen molar-refractivity contribution in [3.8, 4) is 5.75 Å². The van der Waals surface area contributed by atoms with E-state index < -0.39 is 23.9 Å². The van der Waals surface area contributed by atoms with Gasteiger partial charge >= 0.3 is 6.36 Å². The minimum atomic E-state index is -4.81. The third-order valence-corrected chi connectivity index (χ3v) is 4.76. The molecule has 1 aliphatic rings. The second-order valence-corrected chi connectivity index (χ2v) is 7.10. The summed E-state index contributed by atoms with van der Waals surface area (Å²) in [6.07, 6.45) is -4.81. The van der Waals surface area contributed by atoms with E-state index >= 15 is 0 Å². The quantitative estimate of drug-likeness (QED) is 0.550. The number of rotatable bonds is 5. The zero-order valence-electron chi connectivity index (χ0n) is 16.8. The number of alkyl halides is 3. The van der Waals surface area contributed by atoms with Gasteiger partial charge in [0.1, 0.15) is 11.4 Å². The van der Waals surface area contributed by atoms with Crippen LogP contribution in [0.3, 0.4) is 0 Å². The van der Waals surface area contributed by atoms with Gasteiger partial charge in [0.25, 0.3) is 11.8 Å². The first kappa shape index (κ1) is 21.2. The molecule has 0 aliphatic carbocycles. The van der Waals surface area contributed by atoms with E-state index in [2.05, 4.69) is 10.1 Å². The lowest BCUT2D eigenvalue weighted by atomic mass is 10.0. The Bertz CT molecular complexity index is 1200. The molecule has 5 nitrogen and oxygen atoms in total. The molecular formula is C24H17F3N2O3. The summed E-state index contributed by atoms with van der Waals surface area (Å²) in [4.78, 5) is 27.7. The third-order valence-electron chi connectivity index (χ3n) is 4.76. The number of ether oxygens (including phenoxy) is 1. The maximum absolute atomic E-state index is 13.3. The van der Waals surface area contributed by atoms with Crippen molar-refractivity contribution in [2.75, 3.05) is 10.2 Å². The molecule has 1 heterocycles. The predicted molar refractivity (Wildman–Crippen MR) is 114 cm³/mol. The molecule has 0 fully saturated rings. The van der Waals surface area contributed by atoms with Crippen LogP contribution in [0, 0.1) is 6.92 Å². The molecule has 1 N–H and O–H groups in total. The number of anilines is 2. The van der Waals surface area contributed by atoms with Gasteiger partial charge < -0.3 is 10.1 Å². The van der Waals surface area contributed by atoms with Crippen LogP contribution in [0.15, 0.2) is 84.6 Å². The minimum absolute atomic E-state index is 0.0344. The largest absolute Gasteiger partial charge is 0.573 e. The number of halogens is 3. The summed E-state index contributed by atoms with van der Waals surface area (Å²) in [6.45, 7) is 1.85. The van der Waals surface area contributed by atoms with Crippen molar-refractivity contribution in [1.29, 1.82) is 0 Å². The number of amides is 2. The lowest BCUT2D eigenvalue weighted by molar-refractivity contribution is -0.274. The number of imide groups is 1. The van der Waals surface area contributed by atoms with Crippen molar-refractivity contribution in [3.05, 3.63) is 95.7 Å². The van der Waals surface area contributed by atoms with Gasteiger partial charge in [0.05, 0.1) is 11.3 Å². The number of carbonyl (C=O) groups is 2. The van der Waals surface area contributed by atoms with E-state index in [-0.39, 0.29) is 11.3 Å². The van der Waals surface area contributed by atoms with E-state index in [9.17, 15) is 22.8 Å². The standard InChI is InChI=1S/C24H17F3N2O3/c1-15-6-5-9-18(14-15)29-22(30)20(16-7-3-2-4-8-16)21(23(29)31)28-17-10-12-19(13-11-17)32-24(25,26)27/h2-14,28H,1H3. The topological polar surface area (TPSA) is 58.6 Å². The second kappa shape index (κ2) is 8.22. The molecule has 0 atom stereocenters. The Hall–Kier alpha value is -4.07. The Labute approximate surface area is 181 Å². The Morgan fingerprint density at radius 3 is 2.16 bits per heavy atom. The average molecular weight is 438 g/mol. The summed E-state index contributed by atoms with van der Waals surface area (Å²) in [6, 6.07) is 20.6. The highest BCUT2D eigenvalue weighted by Crippen LogP contribution is 2.34. The first-order chi connectivity index (χ1) is 15.2. The normalized spacial score (nSPS) is 14.2. The molecule has 0 unspecified atom stereocenters. The zero-order chi connectivity index (χ0) is 22.9. The number of carbonyl (C=O) groups excluding carboxylic acids is 2. The van der Waals surface area contributed by atoms with Gasteiger partial charge in [-0.2, -0.15) is 0 Å². The fourth-order valence-corrected chi connectivity index (χ4v) is 3.40. The summed E-state index contributed by atoms with van der Waals surface area (Å²) in [5.74, 6) is -1.45. The summed E-state index contributed by atoms with van der Waals surface area (Å²) >= 11 is 0. The van der Waals surface area contributed by atoms with E-state index in [1.54, 1.807) is 48.5 Å². The van der Waals surface area contributed by atoms with Crippen molar-refractivity contribution in [3.63, 3.8) is 0 Å². The van der Waals surface area contributed by atoms with Gasteiger partial charge in [-0.1, -0.05) is 42.5 Å². The van der Waals surface area contributed by atoms with E-state index in [4.69, 9.17) is 0 Å². The van der Waals surface area contributed by atoms with E-state index in [1.807, 2.05) is 13.0 Å². The van der Waals surface area contributed by atoms with Crippen LogP contribution >= 0.6 is 0 Å². The number of nitrogens with one attached hydrogen (secondary N) is 1. The molecule has 0 radical (unpaired) electrons. The molecule has 3 aromatic carbocycles. The summed E-state index contributed by atoms with van der Waals surface area (Å²) in [5.41, 5.74) is 2.39. The van der Waals surface area contributed by atoms with Crippen molar-refractivity contribution >= 4 is 28.8 Å². The van der Waals surface area contributed by atoms with Crippen LogP contribution in [0.5, 0.6) is 5.75 Å². The molecule has 0 saturated carbocycles. The monoisotopic (exact) mass is 438 g/mol. The van der Waals surface area contributed by atoms with Crippen LogP contribution < -0.4 is 15.0 Å². The lowest BCUT2D eigenvalue weighted by Crippen LogP contribution is -2.32. The Morgan fingerprint density at radius 1 is 0.844 bits per heavy atom. The van der Waals surface area contributed by atoms with Gasteiger partial charge in [0.2, 0.25) is 0 Å². The molecule has 3 aromatic rings. The number of aryl methyl sites for hydroxylation is 1. The maximum atomic E-state index is 13.3. The van der Waals surface area contributed by atoms with Crippen LogP contribution in [0.1, 0.15) is 11.1 Å². The van der Waals surface area contributed by atoms with Gasteiger partial charge in [-0.05, 0) is 54.4 Å². The van der Waals surface area contributed by atoms with Gasteiger partial charge in [-0.3, -0.25) is 9.59 Å². The fourth-order valence-electron chi connectivity index (χ4n) is 3.40. The molecule has 0 spiro atoms. The molecule has 162 valence electrons. The van der Waals surface area contributed by atoms with E-state index in [1.165, 1.54) is 12.1 Å². The molecular weight excluding hydrogens is 421 g/mol. The highest BCUT2D eigenvalue weighted by Gasteiger charge is 2.40. The maximum Gasteiger partial charge on any atom is 0.573 e. The minimum Gasteiger partial charge on any atom is -0.406 e. The Balaban J connectivity index is 1.72. The van der Waals surface area contributed by atoms with Crippen molar-refractivity contribution in [2.45, 2.75) is 13.3 Å². The molecule has 4 rings (SSSR count). The first-order valence-corrected chi connectivity index (χ1v) is 9.61. The molecule has 0 aromatic heterocycles. The Kier molecular flexibility index (Phi) is 5.44. The van der Waals surface area contributed by atoms with Gasteiger partial charge in [0.15, 0.2) is 0 Å². The molecule has 32 heavy (non-hydrogen) atoms. The van der Waals surface area contributed by atoms with Gasteiger partial charge in [-0.25, -0.2) is 4.90 Å². The van der Waals surface area contributed by atoms with Crippen molar-refractivity contribution < 1.29 is 27.5 Å². The van der Waals surface area contributed by atoms with Crippen LogP contribution in [-0.2, 0) is 9.59 Å².